The van der Waals surface area contributed by atoms with Crippen molar-refractivity contribution < 1.29 is 28.3 Å². The van der Waals surface area contributed by atoms with E-state index < -0.39 is 5.91 Å². The van der Waals surface area contributed by atoms with Crippen LogP contribution < -0.4 is 24.3 Å². The molecular weight excluding hydrogens is 438 g/mol. The van der Waals surface area contributed by atoms with Crippen LogP contribution in [0.3, 0.4) is 0 Å². The quantitative estimate of drug-likeness (QED) is 0.253. The topological polar surface area (TPSA) is 116 Å². The van der Waals surface area contributed by atoms with Crippen LogP contribution in [-0.2, 0) is 4.79 Å². The van der Waals surface area contributed by atoms with Gasteiger partial charge in [0.2, 0.25) is 0 Å². The van der Waals surface area contributed by atoms with Crippen molar-refractivity contribution in [1.82, 2.24) is 5.16 Å². The highest BCUT2D eigenvalue weighted by Crippen LogP contribution is 2.30. The van der Waals surface area contributed by atoms with E-state index in [1.807, 2.05) is 37.3 Å². The number of rotatable bonds is 11. The van der Waals surface area contributed by atoms with E-state index in [9.17, 15) is 10.1 Å². The van der Waals surface area contributed by atoms with Gasteiger partial charge >= 0.3 is 0 Å². The third-order valence-electron chi connectivity index (χ3n) is 4.48. The Morgan fingerprint density at radius 1 is 1.06 bits per heavy atom. The molecule has 0 aliphatic heterocycles. The summed E-state index contributed by atoms with van der Waals surface area (Å²) < 4.78 is 27.4. The molecule has 9 heteroatoms. The van der Waals surface area contributed by atoms with Gasteiger partial charge in [-0.05, 0) is 49.8 Å². The minimum atomic E-state index is -0.595. The Labute approximate surface area is 197 Å². The SMILES string of the molecule is CCOc1cc(/C=C(/C#N)C(=O)Nc2cc(C)on2)ccc1OCCOc1ccccc1OC. The number of nitrogens with zero attached hydrogens (tertiary/aromatic N) is 2. The number of aryl methyl sites for hydroxylation is 1. The lowest BCUT2D eigenvalue weighted by atomic mass is 10.1. The second-order valence-electron chi connectivity index (χ2n) is 6.93. The monoisotopic (exact) mass is 463 g/mol. The maximum atomic E-state index is 12.4. The zero-order valence-electron chi connectivity index (χ0n) is 19.2. The van der Waals surface area contributed by atoms with E-state index in [0.717, 1.165) is 0 Å². The maximum absolute atomic E-state index is 12.4. The lowest BCUT2D eigenvalue weighted by Gasteiger charge is -2.14. The summed E-state index contributed by atoms with van der Waals surface area (Å²) in [6.45, 7) is 4.54. The molecule has 0 saturated carbocycles. The highest BCUT2D eigenvalue weighted by molar-refractivity contribution is 6.09. The molecule has 0 fully saturated rings. The van der Waals surface area contributed by atoms with E-state index in [4.69, 9.17) is 23.5 Å². The molecule has 1 heterocycles. The standard InChI is InChI=1S/C25H25N3O6/c1-4-31-23-15-18(14-19(16-26)25(29)27-24-13-17(2)34-28-24)9-10-22(23)33-12-11-32-21-8-6-5-7-20(21)30-3/h5-10,13-15H,4,11-12H2,1-3H3,(H,27,28,29)/b19-14-. The molecule has 3 rings (SSSR count). The van der Waals surface area contributed by atoms with Gasteiger partial charge in [0.1, 0.15) is 30.6 Å². The number of nitrogens with one attached hydrogen (secondary N) is 1. The van der Waals surface area contributed by atoms with E-state index in [2.05, 4.69) is 10.5 Å². The van der Waals surface area contributed by atoms with Gasteiger partial charge in [-0.2, -0.15) is 5.26 Å². The van der Waals surface area contributed by atoms with Gasteiger partial charge in [0.15, 0.2) is 28.8 Å². The van der Waals surface area contributed by atoms with Gasteiger partial charge in [0.25, 0.3) is 5.91 Å². The molecule has 34 heavy (non-hydrogen) atoms. The van der Waals surface area contributed by atoms with Crippen molar-refractivity contribution in [2.24, 2.45) is 0 Å². The molecule has 3 aromatic rings. The van der Waals surface area contributed by atoms with Crippen LogP contribution in [-0.4, -0.2) is 38.0 Å². The molecule has 1 aromatic heterocycles. The van der Waals surface area contributed by atoms with Crippen molar-refractivity contribution in [3.05, 3.63) is 65.4 Å². The van der Waals surface area contributed by atoms with Gasteiger partial charge in [-0.25, -0.2) is 0 Å². The molecule has 0 atom stereocenters. The number of methoxy groups -OCH3 is 1. The fraction of sp³-hybridized carbons (Fsp3) is 0.240. The van der Waals surface area contributed by atoms with E-state index >= 15 is 0 Å². The largest absolute Gasteiger partial charge is 0.493 e. The molecule has 0 radical (unpaired) electrons. The van der Waals surface area contributed by atoms with Crippen LogP contribution in [0.4, 0.5) is 5.82 Å². The van der Waals surface area contributed by atoms with Gasteiger partial charge < -0.3 is 28.8 Å². The third-order valence-corrected chi connectivity index (χ3v) is 4.48. The number of amides is 1. The first kappa shape index (κ1) is 24.2. The van der Waals surface area contributed by atoms with Gasteiger partial charge in [-0.3, -0.25) is 4.79 Å². The number of nitriles is 1. The minimum Gasteiger partial charge on any atom is -0.493 e. The summed E-state index contributed by atoms with van der Waals surface area (Å²) in [5, 5.41) is 15.7. The highest BCUT2D eigenvalue weighted by Gasteiger charge is 2.13. The average Bonchev–Trinajstić information content (AvgIpc) is 3.25. The lowest BCUT2D eigenvalue weighted by Crippen LogP contribution is -2.13. The van der Waals surface area contributed by atoms with E-state index in [0.29, 0.717) is 47.5 Å². The maximum Gasteiger partial charge on any atom is 0.267 e. The molecule has 0 bridgehead atoms. The van der Waals surface area contributed by atoms with Crippen LogP contribution in [0.2, 0.25) is 0 Å². The van der Waals surface area contributed by atoms with E-state index in [1.165, 1.54) is 6.08 Å². The first-order valence-electron chi connectivity index (χ1n) is 10.6. The summed E-state index contributed by atoms with van der Waals surface area (Å²) in [7, 11) is 1.58. The number of carbonyl (C=O) groups is 1. The van der Waals surface area contributed by atoms with Crippen LogP contribution in [0, 0.1) is 18.3 Å². The Hall–Kier alpha value is -4.45. The van der Waals surface area contributed by atoms with Crippen molar-refractivity contribution in [2.45, 2.75) is 13.8 Å². The number of hydrogen-bond acceptors (Lipinski definition) is 8. The lowest BCUT2D eigenvalue weighted by molar-refractivity contribution is -0.112. The van der Waals surface area contributed by atoms with Crippen molar-refractivity contribution in [3.8, 4) is 29.1 Å². The molecule has 0 saturated heterocycles. The van der Waals surface area contributed by atoms with E-state index in [1.54, 1.807) is 38.3 Å². The molecule has 0 spiro atoms. The van der Waals surface area contributed by atoms with Crippen molar-refractivity contribution in [1.29, 1.82) is 5.26 Å². The zero-order chi connectivity index (χ0) is 24.3. The van der Waals surface area contributed by atoms with Crippen LogP contribution >= 0.6 is 0 Å². The number of hydrogen-bond donors (Lipinski definition) is 1. The van der Waals surface area contributed by atoms with Crippen molar-refractivity contribution in [3.63, 3.8) is 0 Å². The predicted molar refractivity (Wildman–Crippen MR) is 125 cm³/mol. The first-order chi connectivity index (χ1) is 16.5. The fourth-order valence-electron chi connectivity index (χ4n) is 2.97. The summed E-state index contributed by atoms with van der Waals surface area (Å²) in [6, 6.07) is 16.0. The van der Waals surface area contributed by atoms with Gasteiger partial charge in [0, 0.05) is 6.07 Å². The Balaban J connectivity index is 1.66. The Morgan fingerprint density at radius 3 is 2.38 bits per heavy atom. The van der Waals surface area contributed by atoms with E-state index in [-0.39, 0.29) is 18.0 Å². The molecule has 9 nitrogen and oxygen atoms in total. The number of anilines is 1. The van der Waals surface area contributed by atoms with Crippen LogP contribution in [0.25, 0.3) is 6.08 Å². The molecular formula is C25H25N3O6. The van der Waals surface area contributed by atoms with Gasteiger partial charge in [-0.1, -0.05) is 23.4 Å². The Bertz CT molecular complexity index is 1200. The van der Waals surface area contributed by atoms with Crippen molar-refractivity contribution in [2.75, 3.05) is 32.2 Å². The second-order valence-corrected chi connectivity index (χ2v) is 6.93. The summed E-state index contributed by atoms with van der Waals surface area (Å²) >= 11 is 0. The predicted octanol–water partition coefficient (Wildman–Crippen LogP) is 4.39. The summed E-state index contributed by atoms with van der Waals surface area (Å²) in [5.74, 6) is 2.46. The first-order valence-corrected chi connectivity index (χ1v) is 10.6. The summed E-state index contributed by atoms with van der Waals surface area (Å²) in [6.07, 6.45) is 1.46. The third kappa shape index (κ3) is 6.53. The van der Waals surface area contributed by atoms with Crippen LogP contribution in [0.1, 0.15) is 18.2 Å². The second kappa shape index (κ2) is 12.0. The fourth-order valence-corrected chi connectivity index (χ4v) is 2.97. The Kier molecular flexibility index (Phi) is 8.52. The smallest absolute Gasteiger partial charge is 0.267 e. The summed E-state index contributed by atoms with van der Waals surface area (Å²) in [4.78, 5) is 12.4. The van der Waals surface area contributed by atoms with Gasteiger partial charge in [-0.15, -0.1) is 0 Å². The number of carbonyl (C=O) groups excluding carboxylic acids is 1. The number of aromatic nitrogens is 1. The zero-order valence-corrected chi connectivity index (χ0v) is 19.2. The normalized spacial score (nSPS) is 10.8. The number of benzene rings is 2. The van der Waals surface area contributed by atoms with Crippen LogP contribution in [0.15, 0.2) is 58.6 Å². The number of ether oxygens (including phenoxy) is 4. The molecule has 2 aromatic carbocycles. The minimum absolute atomic E-state index is 0.0954. The average molecular weight is 463 g/mol. The van der Waals surface area contributed by atoms with Gasteiger partial charge in [0.05, 0.1) is 13.7 Å². The Morgan fingerprint density at radius 2 is 1.76 bits per heavy atom. The van der Waals surface area contributed by atoms with Crippen LogP contribution in [0.5, 0.6) is 23.0 Å². The molecule has 0 unspecified atom stereocenters. The molecule has 1 amide bonds. The molecule has 176 valence electrons. The molecule has 0 aliphatic rings. The summed E-state index contributed by atoms with van der Waals surface area (Å²) in [5.41, 5.74) is 0.506. The number of para-hydroxylation sites is 2. The molecule has 1 N–H and O–H groups in total. The highest BCUT2D eigenvalue weighted by atomic mass is 16.5. The molecule has 0 aliphatic carbocycles. The van der Waals surface area contributed by atoms with Crippen molar-refractivity contribution >= 4 is 17.8 Å².